The third-order valence-corrected chi connectivity index (χ3v) is 4.75. The Balaban J connectivity index is 1.39. The van der Waals surface area contributed by atoms with Crippen LogP contribution in [-0.2, 0) is 9.53 Å². The van der Waals surface area contributed by atoms with Gasteiger partial charge in [-0.3, -0.25) is 4.79 Å². The van der Waals surface area contributed by atoms with Gasteiger partial charge in [0.25, 0.3) is 0 Å². The minimum atomic E-state index is 0.179. The molecule has 2 aliphatic heterocycles. The molecule has 1 N–H and O–H groups in total. The molecule has 3 rings (SSSR count). The quantitative estimate of drug-likeness (QED) is 0.889. The van der Waals surface area contributed by atoms with Crippen LogP contribution in [0.15, 0.2) is 24.3 Å². The van der Waals surface area contributed by atoms with Crippen molar-refractivity contribution in [2.45, 2.75) is 18.9 Å². The highest BCUT2D eigenvalue weighted by Gasteiger charge is 2.21. The number of anilines is 1. The Morgan fingerprint density at radius 3 is 2.61 bits per heavy atom. The summed E-state index contributed by atoms with van der Waals surface area (Å²) < 4.78 is 5.55. The van der Waals surface area contributed by atoms with Gasteiger partial charge in [0.15, 0.2) is 0 Å². The Bertz CT molecular complexity index is 509. The molecule has 1 amide bonds. The molecule has 0 saturated carbocycles. The molecule has 2 fully saturated rings. The van der Waals surface area contributed by atoms with Crippen molar-refractivity contribution in [2.75, 3.05) is 50.8 Å². The van der Waals surface area contributed by atoms with Gasteiger partial charge in [0.2, 0.25) is 5.91 Å². The lowest BCUT2D eigenvalue weighted by Crippen LogP contribution is -2.51. The summed E-state index contributed by atoms with van der Waals surface area (Å²) in [5, 5.41) is 3.98. The topological polar surface area (TPSA) is 44.8 Å². The van der Waals surface area contributed by atoms with Crippen LogP contribution in [-0.4, -0.2) is 62.8 Å². The summed E-state index contributed by atoms with van der Waals surface area (Å²) >= 11 is 5.92. The van der Waals surface area contributed by atoms with Crippen molar-refractivity contribution in [1.82, 2.24) is 10.2 Å². The lowest BCUT2D eigenvalue weighted by atomic mass is 10.2. The summed E-state index contributed by atoms with van der Waals surface area (Å²) in [7, 11) is 0. The molecule has 5 nitrogen and oxygen atoms in total. The number of piperazine rings is 1. The highest BCUT2D eigenvalue weighted by Crippen LogP contribution is 2.19. The first kappa shape index (κ1) is 16.6. The largest absolute Gasteiger partial charge is 0.377 e. The number of nitrogens with one attached hydrogen (secondary N) is 1. The maximum Gasteiger partial charge on any atom is 0.236 e. The average Bonchev–Trinajstić information content (AvgIpc) is 3.09. The van der Waals surface area contributed by atoms with Gasteiger partial charge in [-0.25, -0.2) is 0 Å². The van der Waals surface area contributed by atoms with Crippen molar-refractivity contribution >= 4 is 23.2 Å². The summed E-state index contributed by atoms with van der Waals surface area (Å²) in [6, 6.07) is 7.87. The van der Waals surface area contributed by atoms with E-state index in [0.29, 0.717) is 6.54 Å². The van der Waals surface area contributed by atoms with E-state index in [0.717, 1.165) is 62.9 Å². The SMILES string of the molecule is O=C(CNC[C@@H]1CCCO1)N1CCN(c2ccc(Cl)cc2)CC1. The van der Waals surface area contributed by atoms with Gasteiger partial charge >= 0.3 is 0 Å². The van der Waals surface area contributed by atoms with Crippen LogP contribution in [0.1, 0.15) is 12.8 Å². The molecule has 0 aliphatic carbocycles. The molecule has 0 aromatic heterocycles. The molecular formula is C17H24ClN3O2. The van der Waals surface area contributed by atoms with Gasteiger partial charge in [0.05, 0.1) is 12.6 Å². The molecular weight excluding hydrogens is 314 g/mol. The molecule has 0 radical (unpaired) electrons. The Hall–Kier alpha value is -1.30. The van der Waals surface area contributed by atoms with Crippen LogP contribution in [0.5, 0.6) is 0 Å². The molecule has 2 aliphatic rings. The number of rotatable bonds is 5. The summed E-state index contributed by atoms with van der Waals surface area (Å²) in [6.45, 7) is 5.29. The van der Waals surface area contributed by atoms with Gasteiger partial charge in [0.1, 0.15) is 0 Å². The number of hydrogen-bond donors (Lipinski definition) is 1. The summed E-state index contributed by atoms with van der Waals surface area (Å²) in [4.78, 5) is 16.5. The molecule has 23 heavy (non-hydrogen) atoms. The molecule has 1 aromatic rings. The van der Waals surface area contributed by atoms with Crippen molar-refractivity contribution in [2.24, 2.45) is 0 Å². The number of carbonyl (C=O) groups is 1. The van der Waals surface area contributed by atoms with E-state index in [1.54, 1.807) is 0 Å². The lowest BCUT2D eigenvalue weighted by Gasteiger charge is -2.36. The van der Waals surface area contributed by atoms with Crippen LogP contribution >= 0.6 is 11.6 Å². The Kier molecular flexibility index (Phi) is 5.75. The van der Waals surface area contributed by atoms with E-state index in [1.807, 2.05) is 29.2 Å². The lowest BCUT2D eigenvalue weighted by molar-refractivity contribution is -0.130. The summed E-state index contributed by atoms with van der Waals surface area (Å²) in [5.41, 5.74) is 1.16. The molecule has 1 aromatic carbocycles. The minimum Gasteiger partial charge on any atom is -0.377 e. The Morgan fingerprint density at radius 2 is 1.96 bits per heavy atom. The normalized spacial score (nSPS) is 21.7. The fraction of sp³-hybridized carbons (Fsp3) is 0.588. The van der Waals surface area contributed by atoms with E-state index in [-0.39, 0.29) is 12.0 Å². The van der Waals surface area contributed by atoms with Gasteiger partial charge < -0.3 is 19.9 Å². The third kappa shape index (κ3) is 4.59. The molecule has 2 heterocycles. The molecule has 0 bridgehead atoms. The summed E-state index contributed by atoms with van der Waals surface area (Å²) in [5.74, 6) is 0.179. The predicted octanol–water partition coefficient (Wildman–Crippen LogP) is 1.76. The second-order valence-electron chi connectivity index (χ2n) is 6.11. The van der Waals surface area contributed by atoms with Gasteiger partial charge in [-0.05, 0) is 37.1 Å². The Labute approximate surface area is 142 Å². The molecule has 1 atom stereocenters. The Morgan fingerprint density at radius 1 is 1.22 bits per heavy atom. The van der Waals surface area contributed by atoms with E-state index < -0.39 is 0 Å². The van der Waals surface area contributed by atoms with Crippen LogP contribution in [0.2, 0.25) is 5.02 Å². The predicted molar refractivity (Wildman–Crippen MR) is 92.1 cm³/mol. The van der Waals surface area contributed by atoms with Crippen molar-refractivity contribution in [3.63, 3.8) is 0 Å². The van der Waals surface area contributed by atoms with Gasteiger partial charge in [-0.2, -0.15) is 0 Å². The average molecular weight is 338 g/mol. The van der Waals surface area contributed by atoms with E-state index in [9.17, 15) is 4.79 Å². The van der Waals surface area contributed by atoms with Gasteiger partial charge in [-0.1, -0.05) is 11.6 Å². The zero-order valence-corrected chi connectivity index (χ0v) is 14.1. The molecule has 6 heteroatoms. The van der Waals surface area contributed by atoms with Crippen molar-refractivity contribution in [3.8, 4) is 0 Å². The number of carbonyl (C=O) groups excluding carboxylic acids is 1. The summed E-state index contributed by atoms with van der Waals surface area (Å²) in [6.07, 6.45) is 2.51. The number of hydrogen-bond acceptors (Lipinski definition) is 4. The number of nitrogens with zero attached hydrogens (tertiary/aromatic N) is 2. The standard InChI is InChI=1S/C17H24ClN3O2/c18-14-3-5-15(6-4-14)20-7-9-21(10-8-20)17(22)13-19-12-16-2-1-11-23-16/h3-6,16,19H,1-2,7-13H2/t16-/m0/s1. The van der Waals surface area contributed by atoms with Crippen molar-refractivity contribution in [3.05, 3.63) is 29.3 Å². The zero-order chi connectivity index (χ0) is 16.1. The van der Waals surface area contributed by atoms with Crippen LogP contribution in [0.25, 0.3) is 0 Å². The van der Waals surface area contributed by atoms with E-state index >= 15 is 0 Å². The van der Waals surface area contributed by atoms with Crippen LogP contribution in [0.3, 0.4) is 0 Å². The van der Waals surface area contributed by atoms with Gasteiger partial charge in [0, 0.05) is 50.0 Å². The fourth-order valence-corrected chi connectivity index (χ4v) is 3.25. The highest BCUT2D eigenvalue weighted by molar-refractivity contribution is 6.30. The molecule has 0 spiro atoms. The second-order valence-corrected chi connectivity index (χ2v) is 6.55. The van der Waals surface area contributed by atoms with Crippen LogP contribution in [0, 0.1) is 0 Å². The molecule has 2 saturated heterocycles. The number of benzene rings is 1. The zero-order valence-electron chi connectivity index (χ0n) is 13.3. The smallest absolute Gasteiger partial charge is 0.236 e. The van der Waals surface area contributed by atoms with Crippen molar-refractivity contribution in [1.29, 1.82) is 0 Å². The van der Waals surface area contributed by atoms with Crippen molar-refractivity contribution < 1.29 is 9.53 Å². The second kappa shape index (κ2) is 7.99. The first-order chi connectivity index (χ1) is 11.2. The van der Waals surface area contributed by atoms with Crippen LogP contribution < -0.4 is 10.2 Å². The monoisotopic (exact) mass is 337 g/mol. The van der Waals surface area contributed by atoms with E-state index in [1.165, 1.54) is 0 Å². The first-order valence-electron chi connectivity index (χ1n) is 8.33. The van der Waals surface area contributed by atoms with Crippen LogP contribution in [0.4, 0.5) is 5.69 Å². The number of amides is 1. The van der Waals surface area contributed by atoms with E-state index in [2.05, 4.69) is 10.2 Å². The fourth-order valence-electron chi connectivity index (χ4n) is 3.12. The molecule has 126 valence electrons. The maximum absolute atomic E-state index is 12.2. The maximum atomic E-state index is 12.2. The molecule has 0 unspecified atom stereocenters. The van der Waals surface area contributed by atoms with Gasteiger partial charge in [-0.15, -0.1) is 0 Å². The van der Waals surface area contributed by atoms with E-state index in [4.69, 9.17) is 16.3 Å². The number of ether oxygens (including phenoxy) is 1. The first-order valence-corrected chi connectivity index (χ1v) is 8.71. The third-order valence-electron chi connectivity index (χ3n) is 4.50. The number of halogens is 1. The highest BCUT2D eigenvalue weighted by atomic mass is 35.5. The minimum absolute atomic E-state index is 0.179.